The summed E-state index contributed by atoms with van der Waals surface area (Å²) in [5.41, 5.74) is -0.128. The number of amides is 1. The summed E-state index contributed by atoms with van der Waals surface area (Å²) in [6, 6.07) is 8.17. The number of hydrogen-bond donors (Lipinski definition) is 1. The molecule has 1 amide bonds. The summed E-state index contributed by atoms with van der Waals surface area (Å²) < 4.78 is 7.04. The molecule has 0 aliphatic carbocycles. The van der Waals surface area contributed by atoms with Crippen molar-refractivity contribution in [2.45, 2.75) is 26.8 Å². The van der Waals surface area contributed by atoms with Crippen molar-refractivity contribution >= 4 is 22.4 Å². The van der Waals surface area contributed by atoms with Gasteiger partial charge in [-0.15, -0.1) is 10.2 Å². The zero-order valence-corrected chi connectivity index (χ0v) is 14.7. The Hall–Kier alpha value is -2.74. The predicted octanol–water partition coefficient (Wildman–Crippen LogP) is 2.79. The molecule has 1 N–H and O–H groups in total. The summed E-state index contributed by atoms with van der Waals surface area (Å²) >= 11 is 1.35. The standard InChI is InChI=1S/C17H18N4O3S/c1-11(2)9-14-19-20-17(25-14)18-16(23)13-7-6-12(24-13)10-21-8-4-3-5-15(21)22/h3-8,11H,9-10H2,1-2H3,(H,18,20,23). The molecule has 0 saturated carbocycles. The quantitative estimate of drug-likeness (QED) is 0.732. The molecule has 0 unspecified atom stereocenters. The van der Waals surface area contributed by atoms with Crippen molar-refractivity contribution < 1.29 is 9.21 Å². The first-order valence-electron chi connectivity index (χ1n) is 7.89. The second kappa shape index (κ2) is 7.43. The Kier molecular flexibility index (Phi) is 5.08. The normalized spacial score (nSPS) is 11.0. The van der Waals surface area contributed by atoms with Gasteiger partial charge in [0, 0.05) is 18.7 Å². The van der Waals surface area contributed by atoms with Gasteiger partial charge in [-0.1, -0.05) is 31.3 Å². The van der Waals surface area contributed by atoms with Gasteiger partial charge in [-0.3, -0.25) is 14.9 Å². The number of hydrogen-bond acceptors (Lipinski definition) is 6. The molecule has 7 nitrogen and oxygen atoms in total. The third kappa shape index (κ3) is 4.42. The fraction of sp³-hybridized carbons (Fsp3) is 0.294. The fourth-order valence-electron chi connectivity index (χ4n) is 2.24. The van der Waals surface area contributed by atoms with Crippen molar-refractivity contribution in [1.82, 2.24) is 14.8 Å². The predicted molar refractivity (Wildman–Crippen MR) is 94.9 cm³/mol. The van der Waals surface area contributed by atoms with E-state index < -0.39 is 0 Å². The topological polar surface area (TPSA) is 90.0 Å². The van der Waals surface area contributed by atoms with E-state index >= 15 is 0 Å². The molecule has 0 saturated heterocycles. The van der Waals surface area contributed by atoms with Crippen LogP contribution in [0.3, 0.4) is 0 Å². The first-order valence-corrected chi connectivity index (χ1v) is 8.71. The van der Waals surface area contributed by atoms with Gasteiger partial charge in [0.05, 0.1) is 6.54 Å². The number of carbonyl (C=O) groups is 1. The van der Waals surface area contributed by atoms with E-state index in [1.807, 2.05) is 0 Å². The van der Waals surface area contributed by atoms with Crippen LogP contribution in [0.4, 0.5) is 5.13 Å². The average Bonchev–Trinajstić information content (AvgIpc) is 3.19. The van der Waals surface area contributed by atoms with Crippen LogP contribution in [0.25, 0.3) is 0 Å². The molecule has 8 heteroatoms. The van der Waals surface area contributed by atoms with E-state index in [1.54, 1.807) is 30.5 Å². The van der Waals surface area contributed by atoms with Gasteiger partial charge in [-0.05, 0) is 24.1 Å². The Morgan fingerprint density at radius 2 is 2.12 bits per heavy atom. The monoisotopic (exact) mass is 358 g/mol. The number of pyridine rings is 1. The molecule has 3 rings (SSSR count). The van der Waals surface area contributed by atoms with Crippen LogP contribution in [0.1, 0.15) is 35.2 Å². The van der Waals surface area contributed by atoms with E-state index in [4.69, 9.17) is 4.42 Å². The minimum Gasteiger partial charge on any atom is -0.454 e. The van der Waals surface area contributed by atoms with E-state index in [2.05, 4.69) is 29.4 Å². The van der Waals surface area contributed by atoms with Crippen LogP contribution in [0.5, 0.6) is 0 Å². The molecule has 0 aliphatic heterocycles. The summed E-state index contributed by atoms with van der Waals surface area (Å²) in [5.74, 6) is 0.778. The highest BCUT2D eigenvalue weighted by Crippen LogP contribution is 2.19. The summed E-state index contributed by atoms with van der Waals surface area (Å²) in [6.45, 7) is 4.47. The molecule has 0 aromatic carbocycles. The van der Waals surface area contributed by atoms with E-state index in [0.29, 0.717) is 16.8 Å². The number of carbonyl (C=O) groups excluding carboxylic acids is 1. The number of nitrogens with zero attached hydrogens (tertiary/aromatic N) is 3. The lowest BCUT2D eigenvalue weighted by Crippen LogP contribution is -2.18. The summed E-state index contributed by atoms with van der Waals surface area (Å²) in [5, 5.41) is 12.0. The average molecular weight is 358 g/mol. The van der Waals surface area contributed by atoms with Crippen molar-refractivity contribution in [3.05, 3.63) is 63.4 Å². The number of anilines is 1. The lowest BCUT2D eigenvalue weighted by molar-refractivity contribution is 0.0994. The maximum Gasteiger partial charge on any atom is 0.293 e. The van der Waals surface area contributed by atoms with Crippen molar-refractivity contribution in [2.24, 2.45) is 5.92 Å². The molecule has 0 fully saturated rings. The van der Waals surface area contributed by atoms with Crippen LogP contribution in [0.2, 0.25) is 0 Å². The lowest BCUT2D eigenvalue weighted by atomic mass is 10.1. The largest absolute Gasteiger partial charge is 0.454 e. The molecular formula is C17H18N4O3S. The summed E-state index contributed by atoms with van der Waals surface area (Å²) in [6.07, 6.45) is 2.49. The fourth-order valence-corrected chi connectivity index (χ4v) is 3.19. The highest BCUT2D eigenvalue weighted by molar-refractivity contribution is 7.15. The Bertz CT molecular complexity index is 926. The maximum absolute atomic E-state index is 12.2. The molecule has 0 radical (unpaired) electrons. The van der Waals surface area contributed by atoms with Crippen LogP contribution < -0.4 is 10.9 Å². The minimum atomic E-state index is -0.390. The van der Waals surface area contributed by atoms with Gasteiger partial charge < -0.3 is 8.98 Å². The highest BCUT2D eigenvalue weighted by Gasteiger charge is 2.15. The Labute approximate surface area is 148 Å². The molecule has 0 spiro atoms. The van der Waals surface area contributed by atoms with E-state index in [0.717, 1.165) is 11.4 Å². The first-order chi connectivity index (χ1) is 12.0. The second-order valence-corrected chi connectivity index (χ2v) is 7.05. The summed E-state index contributed by atoms with van der Waals surface area (Å²) in [7, 11) is 0. The Balaban J connectivity index is 1.65. The second-order valence-electron chi connectivity index (χ2n) is 5.99. The van der Waals surface area contributed by atoms with Gasteiger partial charge in [-0.25, -0.2) is 0 Å². The number of aromatic nitrogens is 3. The number of furan rings is 1. The van der Waals surface area contributed by atoms with Crippen LogP contribution in [-0.2, 0) is 13.0 Å². The third-order valence-corrected chi connectivity index (χ3v) is 4.24. The maximum atomic E-state index is 12.2. The minimum absolute atomic E-state index is 0.128. The van der Waals surface area contributed by atoms with Gasteiger partial charge in [0.15, 0.2) is 5.76 Å². The third-order valence-electron chi connectivity index (χ3n) is 3.38. The van der Waals surface area contributed by atoms with Crippen LogP contribution in [0.15, 0.2) is 45.7 Å². The van der Waals surface area contributed by atoms with Gasteiger partial charge >= 0.3 is 0 Å². The SMILES string of the molecule is CC(C)Cc1nnc(NC(=O)c2ccc(Cn3ccccc3=O)o2)s1. The van der Waals surface area contributed by atoms with E-state index in [9.17, 15) is 9.59 Å². The lowest BCUT2D eigenvalue weighted by Gasteiger charge is -2.02. The van der Waals surface area contributed by atoms with Crippen LogP contribution in [-0.4, -0.2) is 20.7 Å². The molecular weight excluding hydrogens is 340 g/mol. The van der Waals surface area contributed by atoms with Crippen molar-refractivity contribution in [3.63, 3.8) is 0 Å². The zero-order chi connectivity index (χ0) is 17.8. The molecule has 3 aromatic heterocycles. The smallest absolute Gasteiger partial charge is 0.293 e. The van der Waals surface area contributed by atoms with Crippen molar-refractivity contribution in [1.29, 1.82) is 0 Å². The first kappa shape index (κ1) is 17.1. The zero-order valence-electron chi connectivity index (χ0n) is 13.9. The van der Waals surface area contributed by atoms with E-state index in [-0.39, 0.29) is 23.8 Å². The Morgan fingerprint density at radius 1 is 1.28 bits per heavy atom. The molecule has 3 aromatic rings. The van der Waals surface area contributed by atoms with E-state index in [1.165, 1.54) is 22.0 Å². The molecule has 0 bridgehead atoms. The molecule has 130 valence electrons. The Morgan fingerprint density at radius 3 is 2.88 bits per heavy atom. The number of rotatable bonds is 6. The van der Waals surface area contributed by atoms with Gasteiger partial charge in [0.2, 0.25) is 5.13 Å². The summed E-state index contributed by atoms with van der Waals surface area (Å²) in [4.78, 5) is 24.0. The number of nitrogens with one attached hydrogen (secondary N) is 1. The van der Waals surface area contributed by atoms with Crippen LogP contribution in [0, 0.1) is 5.92 Å². The van der Waals surface area contributed by atoms with Crippen molar-refractivity contribution in [3.8, 4) is 0 Å². The molecule has 0 aliphatic rings. The van der Waals surface area contributed by atoms with Gasteiger partial charge in [-0.2, -0.15) is 0 Å². The molecule has 0 atom stereocenters. The van der Waals surface area contributed by atoms with Crippen molar-refractivity contribution in [2.75, 3.05) is 5.32 Å². The highest BCUT2D eigenvalue weighted by atomic mass is 32.1. The van der Waals surface area contributed by atoms with Gasteiger partial charge in [0.25, 0.3) is 11.5 Å². The molecule has 25 heavy (non-hydrogen) atoms. The van der Waals surface area contributed by atoms with Gasteiger partial charge in [0.1, 0.15) is 10.8 Å². The molecule has 3 heterocycles. The van der Waals surface area contributed by atoms with Crippen LogP contribution >= 0.6 is 11.3 Å².